The summed E-state index contributed by atoms with van der Waals surface area (Å²) in [7, 11) is 0. The zero-order valence-electron chi connectivity index (χ0n) is 10.2. The third-order valence-corrected chi connectivity index (χ3v) is 2.38. The molecule has 0 spiro atoms. The van der Waals surface area contributed by atoms with E-state index in [1.807, 2.05) is 0 Å². The van der Waals surface area contributed by atoms with Crippen molar-refractivity contribution in [1.29, 1.82) is 0 Å². The summed E-state index contributed by atoms with van der Waals surface area (Å²) in [6, 6.07) is 4.03. The van der Waals surface area contributed by atoms with Crippen molar-refractivity contribution in [3.05, 3.63) is 52.0 Å². The molecule has 21 heavy (non-hydrogen) atoms. The van der Waals surface area contributed by atoms with Crippen molar-refractivity contribution in [2.75, 3.05) is 0 Å². The maximum Gasteiger partial charge on any atom is 0.573 e. The molecule has 0 aliphatic carbocycles. The SMILES string of the molecule is O=[N+]([O-])c1ccn(Cc2ccc(OC(F)(F)F)c(F)c2)n1. The van der Waals surface area contributed by atoms with Crippen LogP contribution in [0.15, 0.2) is 30.5 Å². The van der Waals surface area contributed by atoms with Crippen LogP contribution < -0.4 is 4.74 Å². The minimum Gasteiger partial charge on any atom is -0.403 e. The first-order valence-corrected chi connectivity index (χ1v) is 5.46. The first-order chi connectivity index (χ1) is 9.74. The van der Waals surface area contributed by atoms with Crippen LogP contribution in [0.3, 0.4) is 0 Å². The Labute approximate surface area is 114 Å². The van der Waals surface area contributed by atoms with Gasteiger partial charge in [-0.3, -0.25) is 0 Å². The number of halogens is 4. The molecule has 0 amide bonds. The molecule has 0 aliphatic rings. The molecule has 0 saturated carbocycles. The number of rotatable bonds is 4. The lowest BCUT2D eigenvalue weighted by Gasteiger charge is -2.10. The summed E-state index contributed by atoms with van der Waals surface area (Å²) in [5.41, 5.74) is 0.278. The summed E-state index contributed by atoms with van der Waals surface area (Å²) in [5.74, 6) is -2.52. The first-order valence-electron chi connectivity index (χ1n) is 5.46. The number of alkyl halides is 3. The van der Waals surface area contributed by atoms with Crippen LogP contribution >= 0.6 is 0 Å². The highest BCUT2D eigenvalue weighted by atomic mass is 19.4. The minimum absolute atomic E-state index is 0.0307. The molecule has 1 heterocycles. The van der Waals surface area contributed by atoms with Gasteiger partial charge in [0.15, 0.2) is 11.6 Å². The van der Waals surface area contributed by atoms with Crippen LogP contribution in [-0.4, -0.2) is 21.1 Å². The molecule has 2 rings (SSSR count). The van der Waals surface area contributed by atoms with E-state index in [1.54, 1.807) is 0 Å². The van der Waals surface area contributed by atoms with E-state index in [4.69, 9.17) is 0 Å². The molecule has 0 fully saturated rings. The van der Waals surface area contributed by atoms with E-state index in [0.717, 1.165) is 22.9 Å². The van der Waals surface area contributed by atoms with Crippen molar-refractivity contribution in [1.82, 2.24) is 9.78 Å². The molecule has 1 aromatic carbocycles. The van der Waals surface area contributed by atoms with Crippen LogP contribution in [0.5, 0.6) is 5.75 Å². The standard InChI is InChI=1S/C11H7F4N3O3/c12-8-5-7(1-2-9(8)21-11(13,14)15)6-17-4-3-10(16-17)18(19)20/h1-5H,6H2. The lowest BCUT2D eigenvalue weighted by Crippen LogP contribution is -2.18. The normalized spacial score (nSPS) is 11.4. The Balaban J connectivity index is 2.14. The molecule has 6 nitrogen and oxygen atoms in total. The fourth-order valence-corrected chi connectivity index (χ4v) is 1.57. The first kappa shape index (κ1) is 14.8. The summed E-state index contributed by atoms with van der Waals surface area (Å²) < 4.78 is 54.0. The van der Waals surface area contributed by atoms with Crippen molar-refractivity contribution < 1.29 is 27.2 Å². The molecular formula is C11H7F4N3O3. The van der Waals surface area contributed by atoms with Gasteiger partial charge in [-0.1, -0.05) is 6.07 Å². The van der Waals surface area contributed by atoms with E-state index >= 15 is 0 Å². The molecule has 0 radical (unpaired) electrons. The van der Waals surface area contributed by atoms with Crippen LogP contribution in [0.25, 0.3) is 0 Å². The number of nitro groups is 1. The molecule has 0 aliphatic heterocycles. The second-order valence-electron chi connectivity index (χ2n) is 3.94. The topological polar surface area (TPSA) is 70.2 Å². The summed E-state index contributed by atoms with van der Waals surface area (Å²) in [6.45, 7) is -0.0307. The summed E-state index contributed by atoms with van der Waals surface area (Å²) in [6.07, 6.45) is -3.68. The highest BCUT2D eigenvalue weighted by Crippen LogP contribution is 2.26. The second kappa shape index (κ2) is 5.38. The molecule has 0 N–H and O–H groups in total. The maximum atomic E-state index is 13.5. The van der Waals surface area contributed by atoms with E-state index < -0.39 is 22.9 Å². The number of benzene rings is 1. The monoisotopic (exact) mass is 305 g/mol. The van der Waals surface area contributed by atoms with E-state index in [9.17, 15) is 27.7 Å². The molecule has 0 bridgehead atoms. The zero-order valence-corrected chi connectivity index (χ0v) is 10.2. The van der Waals surface area contributed by atoms with Gasteiger partial charge in [-0.25, -0.2) is 4.39 Å². The minimum atomic E-state index is -4.98. The van der Waals surface area contributed by atoms with E-state index in [1.165, 1.54) is 12.3 Å². The average Bonchev–Trinajstić information content (AvgIpc) is 2.80. The Kier molecular flexibility index (Phi) is 3.78. The van der Waals surface area contributed by atoms with E-state index in [2.05, 4.69) is 9.84 Å². The molecule has 0 saturated heterocycles. The summed E-state index contributed by atoms with van der Waals surface area (Å²) >= 11 is 0. The van der Waals surface area contributed by atoms with Gasteiger partial charge in [0.05, 0.1) is 23.9 Å². The number of ether oxygens (including phenoxy) is 1. The van der Waals surface area contributed by atoms with Gasteiger partial charge in [-0.15, -0.1) is 13.2 Å². The van der Waals surface area contributed by atoms with Gasteiger partial charge in [-0.2, -0.15) is 4.68 Å². The molecule has 112 valence electrons. The van der Waals surface area contributed by atoms with Gasteiger partial charge in [0.2, 0.25) is 0 Å². The second-order valence-corrected chi connectivity index (χ2v) is 3.94. The Hall–Kier alpha value is -2.65. The lowest BCUT2D eigenvalue weighted by atomic mass is 10.2. The highest BCUT2D eigenvalue weighted by molar-refractivity contribution is 5.29. The van der Waals surface area contributed by atoms with Gasteiger partial charge < -0.3 is 14.9 Å². The fraction of sp³-hybridized carbons (Fsp3) is 0.182. The predicted octanol–water partition coefficient (Wildman–Crippen LogP) is 2.88. The van der Waals surface area contributed by atoms with Crippen LogP contribution in [0.1, 0.15) is 5.56 Å². The Bertz CT molecular complexity index is 669. The largest absolute Gasteiger partial charge is 0.573 e. The molecular weight excluding hydrogens is 298 g/mol. The van der Waals surface area contributed by atoms with Crippen molar-refractivity contribution in [3.8, 4) is 5.75 Å². The summed E-state index contributed by atoms with van der Waals surface area (Å²) in [4.78, 5) is 9.75. The molecule has 0 atom stereocenters. The fourth-order valence-electron chi connectivity index (χ4n) is 1.57. The third-order valence-electron chi connectivity index (χ3n) is 2.38. The van der Waals surface area contributed by atoms with Gasteiger partial charge in [0, 0.05) is 0 Å². The molecule has 0 unspecified atom stereocenters. The predicted molar refractivity (Wildman–Crippen MR) is 61.1 cm³/mol. The van der Waals surface area contributed by atoms with Gasteiger partial charge in [0.1, 0.15) is 0 Å². The van der Waals surface area contributed by atoms with Crippen LogP contribution in [-0.2, 0) is 6.54 Å². The van der Waals surface area contributed by atoms with E-state index in [0.29, 0.717) is 0 Å². The van der Waals surface area contributed by atoms with Crippen LogP contribution in [0, 0.1) is 15.9 Å². The van der Waals surface area contributed by atoms with Crippen molar-refractivity contribution in [2.24, 2.45) is 0 Å². The zero-order chi connectivity index (χ0) is 15.6. The Morgan fingerprint density at radius 3 is 2.57 bits per heavy atom. The Morgan fingerprint density at radius 1 is 1.33 bits per heavy atom. The number of nitrogens with zero attached hydrogens (tertiary/aromatic N) is 3. The highest BCUT2D eigenvalue weighted by Gasteiger charge is 2.32. The van der Waals surface area contributed by atoms with Crippen molar-refractivity contribution >= 4 is 5.82 Å². The number of aromatic nitrogens is 2. The molecule has 10 heteroatoms. The number of hydrogen-bond acceptors (Lipinski definition) is 4. The molecule has 2 aromatic rings. The van der Waals surface area contributed by atoms with Gasteiger partial charge in [0.25, 0.3) is 0 Å². The Morgan fingerprint density at radius 2 is 2.05 bits per heavy atom. The third kappa shape index (κ3) is 3.91. The summed E-state index contributed by atoms with van der Waals surface area (Å²) in [5, 5.41) is 14.0. The van der Waals surface area contributed by atoms with Crippen LogP contribution in [0.2, 0.25) is 0 Å². The lowest BCUT2D eigenvalue weighted by molar-refractivity contribution is -0.389. The van der Waals surface area contributed by atoms with Gasteiger partial charge >= 0.3 is 12.2 Å². The van der Waals surface area contributed by atoms with E-state index in [-0.39, 0.29) is 17.9 Å². The number of hydrogen-bond donors (Lipinski definition) is 0. The average molecular weight is 305 g/mol. The van der Waals surface area contributed by atoms with Crippen molar-refractivity contribution in [2.45, 2.75) is 12.9 Å². The van der Waals surface area contributed by atoms with Crippen LogP contribution in [0.4, 0.5) is 23.4 Å². The van der Waals surface area contributed by atoms with Gasteiger partial charge in [-0.05, 0) is 22.6 Å². The smallest absolute Gasteiger partial charge is 0.403 e. The van der Waals surface area contributed by atoms with Crippen molar-refractivity contribution in [3.63, 3.8) is 0 Å². The molecule has 1 aromatic heterocycles. The quantitative estimate of drug-likeness (QED) is 0.495. The maximum absolute atomic E-state index is 13.5.